The lowest BCUT2D eigenvalue weighted by Gasteiger charge is -2.32. The van der Waals surface area contributed by atoms with Gasteiger partial charge in [0.15, 0.2) is 0 Å². The van der Waals surface area contributed by atoms with Gasteiger partial charge in [-0.15, -0.1) is 0 Å². The Balaban J connectivity index is 1.78. The van der Waals surface area contributed by atoms with E-state index in [9.17, 15) is 0 Å². The quantitative estimate of drug-likeness (QED) is 0.812. The molecule has 0 spiro atoms. The van der Waals surface area contributed by atoms with Gasteiger partial charge in [-0.3, -0.25) is 0 Å². The Morgan fingerprint density at radius 1 is 1.56 bits per heavy atom. The molecule has 2 N–H and O–H groups in total. The first-order chi connectivity index (χ1) is 7.79. The monoisotopic (exact) mass is 222 g/mol. The molecule has 0 aliphatic carbocycles. The lowest BCUT2D eigenvalue weighted by atomic mass is 10.0. The van der Waals surface area contributed by atoms with Gasteiger partial charge in [-0.2, -0.15) is 0 Å². The van der Waals surface area contributed by atoms with E-state index in [1.54, 1.807) is 0 Å². The summed E-state index contributed by atoms with van der Waals surface area (Å²) < 4.78 is 0. The SMILES string of the molecule is CCN1CCC(NC(C)c2ncc[nH]2)CC1. The van der Waals surface area contributed by atoms with Gasteiger partial charge in [-0.25, -0.2) is 4.98 Å². The van der Waals surface area contributed by atoms with Gasteiger partial charge in [0.1, 0.15) is 5.82 Å². The number of nitrogens with one attached hydrogen (secondary N) is 2. The number of aromatic amines is 1. The summed E-state index contributed by atoms with van der Waals surface area (Å²) >= 11 is 0. The fraction of sp³-hybridized carbons (Fsp3) is 0.750. The van der Waals surface area contributed by atoms with Crippen molar-refractivity contribution in [3.05, 3.63) is 18.2 Å². The second-order valence-electron chi connectivity index (χ2n) is 4.57. The molecule has 4 heteroatoms. The maximum Gasteiger partial charge on any atom is 0.122 e. The predicted octanol–water partition coefficient (Wildman–Crippen LogP) is 1.54. The fourth-order valence-corrected chi connectivity index (χ4v) is 2.36. The van der Waals surface area contributed by atoms with Crippen molar-refractivity contribution in [3.63, 3.8) is 0 Å². The summed E-state index contributed by atoms with van der Waals surface area (Å²) in [5, 5.41) is 3.65. The van der Waals surface area contributed by atoms with Crippen LogP contribution in [0.2, 0.25) is 0 Å². The van der Waals surface area contributed by atoms with Crippen LogP contribution in [0, 0.1) is 0 Å². The zero-order chi connectivity index (χ0) is 11.4. The number of rotatable bonds is 4. The third kappa shape index (κ3) is 2.83. The Labute approximate surface area is 97.4 Å². The van der Waals surface area contributed by atoms with Crippen LogP contribution in [0.5, 0.6) is 0 Å². The highest BCUT2D eigenvalue weighted by molar-refractivity contribution is 4.95. The van der Waals surface area contributed by atoms with Crippen LogP contribution in [0.15, 0.2) is 12.4 Å². The Morgan fingerprint density at radius 3 is 2.88 bits per heavy atom. The van der Waals surface area contributed by atoms with Gasteiger partial charge >= 0.3 is 0 Å². The highest BCUT2D eigenvalue weighted by atomic mass is 15.1. The second kappa shape index (κ2) is 5.46. The largest absolute Gasteiger partial charge is 0.347 e. The van der Waals surface area contributed by atoms with E-state index >= 15 is 0 Å². The molecule has 4 nitrogen and oxygen atoms in total. The number of H-pyrrole nitrogens is 1. The molecule has 16 heavy (non-hydrogen) atoms. The van der Waals surface area contributed by atoms with E-state index < -0.39 is 0 Å². The summed E-state index contributed by atoms with van der Waals surface area (Å²) in [5.74, 6) is 1.04. The normalized spacial score (nSPS) is 21.1. The molecule has 1 atom stereocenters. The lowest BCUT2D eigenvalue weighted by Crippen LogP contribution is -2.43. The van der Waals surface area contributed by atoms with Crippen molar-refractivity contribution < 1.29 is 0 Å². The third-order valence-electron chi connectivity index (χ3n) is 3.45. The third-order valence-corrected chi connectivity index (χ3v) is 3.45. The van der Waals surface area contributed by atoms with Crippen molar-refractivity contribution in [3.8, 4) is 0 Å². The molecule has 2 heterocycles. The van der Waals surface area contributed by atoms with Gasteiger partial charge in [0.25, 0.3) is 0 Å². The molecule has 0 aromatic carbocycles. The van der Waals surface area contributed by atoms with Crippen molar-refractivity contribution in [2.24, 2.45) is 0 Å². The first kappa shape index (κ1) is 11.6. The highest BCUT2D eigenvalue weighted by Gasteiger charge is 2.20. The molecule has 1 fully saturated rings. The molecule has 90 valence electrons. The number of nitrogens with zero attached hydrogens (tertiary/aromatic N) is 2. The van der Waals surface area contributed by atoms with Crippen LogP contribution in [0.1, 0.15) is 38.6 Å². The summed E-state index contributed by atoms with van der Waals surface area (Å²) in [6.07, 6.45) is 6.19. The molecule has 2 rings (SSSR count). The number of piperidine rings is 1. The molecular weight excluding hydrogens is 200 g/mol. The summed E-state index contributed by atoms with van der Waals surface area (Å²) in [4.78, 5) is 9.96. The van der Waals surface area contributed by atoms with Crippen molar-refractivity contribution in [1.82, 2.24) is 20.2 Å². The molecule has 1 aliphatic rings. The van der Waals surface area contributed by atoms with Crippen LogP contribution in [0.25, 0.3) is 0 Å². The Morgan fingerprint density at radius 2 is 2.31 bits per heavy atom. The number of imidazole rings is 1. The van der Waals surface area contributed by atoms with E-state index in [1.807, 2.05) is 12.4 Å². The van der Waals surface area contributed by atoms with Gasteiger partial charge < -0.3 is 15.2 Å². The number of hydrogen-bond acceptors (Lipinski definition) is 3. The van der Waals surface area contributed by atoms with Crippen LogP contribution in [0.3, 0.4) is 0 Å². The summed E-state index contributed by atoms with van der Waals surface area (Å²) in [5.41, 5.74) is 0. The van der Waals surface area contributed by atoms with E-state index in [4.69, 9.17) is 0 Å². The zero-order valence-corrected chi connectivity index (χ0v) is 10.2. The van der Waals surface area contributed by atoms with Gasteiger partial charge in [0, 0.05) is 18.4 Å². The molecule has 1 aromatic heterocycles. The minimum atomic E-state index is 0.327. The van der Waals surface area contributed by atoms with E-state index in [1.165, 1.54) is 32.5 Å². The molecule has 0 radical (unpaired) electrons. The topological polar surface area (TPSA) is 44.0 Å². The van der Waals surface area contributed by atoms with E-state index in [0.717, 1.165) is 5.82 Å². The maximum atomic E-state index is 4.28. The van der Waals surface area contributed by atoms with Crippen LogP contribution in [0.4, 0.5) is 0 Å². The summed E-state index contributed by atoms with van der Waals surface area (Å²) in [7, 11) is 0. The number of likely N-dealkylation sites (tertiary alicyclic amines) is 1. The van der Waals surface area contributed by atoms with Crippen LogP contribution >= 0.6 is 0 Å². The predicted molar refractivity (Wildman–Crippen MR) is 65.3 cm³/mol. The van der Waals surface area contributed by atoms with Crippen molar-refractivity contribution in [2.75, 3.05) is 19.6 Å². The van der Waals surface area contributed by atoms with Crippen LogP contribution in [-0.2, 0) is 0 Å². The number of aromatic nitrogens is 2. The Bertz CT molecular complexity index is 288. The molecule has 1 unspecified atom stereocenters. The maximum absolute atomic E-state index is 4.28. The first-order valence-electron chi connectivity index (χ1n) is 6.27. The van der Waals surface area contributed by atoms with Gasteiger partial charge in [-0.05, 0) is 39.4 Å². The average Bonchev–Trinajstić information content (AvgIpc) is 2.83. The van der Waals surface area contributed by atoms with E-state index in [-0.39, 0.29) is 0 Å². The molecule has 0 bridgehead atoms. The van der Waals surface area contributed by atoms with Gasteiger partial charge in [0.05, 0.1) is 6.04 Å². The van der Waals surface area contributed by atoms with E-state index in [0.29, 0.717) is 12.1 Å². The summed E-state index contributed by atoms with van der Waals surface area (Å²) in [6.45, 7) is 8.03. The van der Waals surface area contributed by atoms with Gasteiger partial charge in [0.2, 0.25) is 0 Å². The second-order valence-corrected chi connectivity index (χ2v) is 4.57. The standard InChI is InChI=1S/C12H22N4/c1-3-16-8-4-11(5-9-16)15-10(2)12-13-6-7-14-12/h6-7,10-11,15H,3-5,8-9H2,1-2H3,(H,13,14). The zero-order valence-electron chi connectivity index (χ0n) is 10.2. The average molecular weight is 222 g/mol. The van der Waals surface area contributed by atoms with E-state index in [2.05, 4.69) is 34.0 Å². The molecule has 0 saturated carbocycles. The van der Waals surface area contributed by atoms with Crippen LogP contribution < -0.4 is 5.32 Å². The van der Waals surface area contributed by atoms with Gasteiger partial charge in [-0.1, -0.05) is 6.92 Å². The highest BCUT2D eigenvalue weighted by Crippen LogP contribution is 2.14. The summed E-state index contributed by atoms with van der Waals surface area (Å²) in [6, 6.07) is 0.969. The molecule has 1 aromatic rings. The van der Waals surface area contributed by atoms with Crippen molar-refractivity contribution in [2.45, 2.75) is 38.8 Å². The first-order valence-corrected chi connectivity index (χ1v) is 6.27. The number of hydrogen-bond donors (Lipinski definition) is 2. The van der Waals surface area contributed by atoms with Crippen LogP contribution in [-0.4, -0.2) is 40.5 Å². The van der Waals surface area contributed by atoms with Crippen molar-refractivity contribution in [1.29, 1.82) is 0 Å². The molecule has 1 saturated heterocycles. The minimum Gasteiger partial charge on any atom is -0.347 e. The smallest absolute Gasteiger partial charge is 0.122 e. The molecule has 1 aliphatic heterocycles. The lowest BCUT2D eigenvalue weighted by molar-refractivity contribution is 0.199. The minimum absolute atomic E-state index is 0.327. The Kier molecular flexibility index (Phi) is 3.96. The molecule has 0 amide bonds. The molecular formula is C12H22N4. The fourth-order valence-electron chi connectivity index (χ4n) is 2.36. The van der Waals surface area contributed by atoms with Crippen molar-refractivity contribution >= 4 is 0 Å². The Hall–Kier alpha value is -0.870.